The molecule has 7 heteroatoms. The average molecular weight is 421 g/mol. The molecule has 0 aromatic heterocycles. The van der Waals surface area contributed by atoms with Crippen LogP contribution >= 0.6 is 15.9 Å². The van der Waals surface area contributed by atoms with Crippen molar-refractivity contribution in [3.05, 3.63) is 63.9 Å². The maximum Gasteiger partial charge on any atom is 0.243 e. The second-order valence-electron chi connectivity index (χ2n) is 5.69. The van der Waals surface area contributed by atoms with Crippen LogP contribution in [0.1, 0.15) is 18.1 Å². The first kappa shape index (κ1) is 19.9. The zero-order valence-corrected chi connectivity index (χ0v) is 16.4. The van der Waals surface area contributed by atoms with Crippen molar-refractivity contribution in [3.8, 4) is 0 Å². The molecule has 2 rings (SSSR count). The Morgan fingerprint density at radius 1 is 1.19 bits per heavy atom. The number of amides is 1. The number of anilines is 1. The van der Waals surface area contributed by atoms with E-state index < -0.39 is 0 Å². The molecule has 0 atom stereocenters. The predicted octanol–water partition coefficient (Wildman–Crippen LogP) is 3.59. The van der Waals surface area contributed by atoms with Crippen molar-refractivity contribution in [3.63, 3.8) is 0 Å². The SMILES string of the molecule is CCNC(=NCc1cccc(F)c1)NCC(=O)Nc1cc(Br)ccc1C. The number of benzene rings is 2. The molecule has 0 saturated heterocycles. The molecule has 0 spiro atoms. The van der Waals surface area contributed by atoms with Crippen molar-refractivity contribution in [1.29, 1.82) is 0 Å². The summed E-state index contributed by atoms with van der Waals surface area (Å²) in [7, 11) is 0. The van der Waals surface area contributed by atoms with Crippen molar-refractivity contribution in [2.75, 3.05) is 18.4 Å². The normalized spacial score (nSPS) is 11.2. The minimum absolute atomic E-state index is 0.0704. The molecule has 5 nitrogen and oxygen atoms in total. The first-order valence-electron chi connectivity index (χ1n) is 8.30. The lowest BCUT2D eigenvalue weighted by molar-refractivity contribution is -0.115. The van der Waals surface area contributed by atoms with E-state index in [1.54, 1.807) is 12.1 Å². The molecular weight excluding hydrogens is 399 g/mol. The second kappa shape index (κ2) is 9.91. The van der Waals surface area contributed by atoms with Gasteiger partial charge in [-0.25, -0.2) is 9.38 Å². The summed E-state index contributed by atoms with van der Waals surface area (Å²) in [5.74, 6) is 0.0277. The van der Waals surface area contributed by atoms with Gasteiger partial charge in [0.2, 0.25) is 5.91 Å². The van der Waals surface area contributed by atoms with Gasteiger partial charge in [-0.05, 0) is 49.2 Å². The maximum atomic E-state index is 13.2. The average Bonchev–Trinajstić information content (AvgIpc) is 2.60. The van der Waals surface area contributed by atoms with Crippen LogP contribution in [0.2, 0.25) is 0 Å². The van der Waals surface area contributed by atoms with Gasteiger partial charge in [-0.1, -0.05) is 34.1 Å². The number of rotatable bonds is 6. The third-order valence-electron chi connectivity index (χ3n) is 3.54. The third-order valence-corrected chi connectivity index (χ3v) is 4.04. The summed E-state index contributed by atoms with van der Waals surface area (Å²) in [6, 6.07) is 12.0. The predicted molar refractivity (Wildman–Crippen MR) is 107 cm³/mol. The quantitative estimate of drug-likeness (QED) is 0.494. The molecule has 0 bridgehead atoms. The van der Waals surface area contributed by atoms with Crippen LogP contribution in [0.3, 0.4) is 0 Å². The van der Waals surface area contributed by atoms with Crippen LogP contribution in [0.15, 0.2) is 51.9 Å². The molecule has 0 aliphatic rings. The van der Waals surface area contributed by atoms with Crippen molar-refractivity contribution in [1.82, 2.24) is 10.6 Å². The van der Waals surface area contributed by atoms with Crippen LogP contribution in [0.5, 0.6) is 0 Å². The number of hydrogen-bond acceptors (Lipinski definition) is 2. The van der Waals surface area contributed by atoms with Crippen LogP contribution in [0.25, 0.3) is 0 Å². The summed E-state index contributed by atoms with van der Waals surface area (Å²) in [5, 5.41) is 8.91. The standard InChI is InChI=1S/C19H22BrFN4O/c1-3-22-19(23-11-14-5-4-6-16(21)9-14)24-12-18(26)25-17-10-15(20)8-7-13(17)2/h4-10H,3,11-12H2,1-2H3,(H,25,26)(H2,22,23,24). The Morgan fingerprint density at radius 2 is 2.00 bits per heavy atom. The molecule has 3 N–H and O–H groups in total. The van der Waals surface area contributed by atoms with Crippen LogP contribution in [-0.2, 0) is 11.3 Å². The number of hydrogen-bond donors (Lipinski definition) is 3. The molecule has 2 aromatic rings. The summed E-state index contributed by atoms with van der Waals surface area (Å²) in [6.45, 7) is 4.91. The largest absolute Gasteiger partial charge is 0.357 e. The number of carbonyl (C=O) groups is 1. The van der Waals surface area contributed by atoms with E-state index in [0.29, 0.717) is 19.0 Å². The molecule has 26 heavy (non-hydrogen) atoms. The smallest absolute Gasteiger partial charge is 0.243 e. The fourth-order valence-electron chi connectivity index (χ4n) is 2.23. The topological polar surface area (TPSA) is 65.5 Å². The Hall–Kier alpha value is -2.41. The lowest BCUT2D eigenvalue weighted by atomic mass is 10.2. The third kappa shape index (κ3) is 6.48. The molecule has 0 fully saturated rings. The molecule has 138 valence electrons. The molecule has 0 radical (unpaired) electrons. The number of guanidine groups is 1. The van der Waals surface area contributed by atoms with E-state index in [0.717, 1.165) is 21.3 Å². The maximum absolute atomic E-state index is 13.2. The van der Waals surface area contributed by atoms with Crippen molar-refractivity contribution < 1.29 is 9.18 Å². The minimum Gasteiger partial charge on any atom is -0.357 e. The van der Waals surface area contributed by atoms with Gasteiger partial charge in [0.05, 0.1) is 13.1 Å². The minimum atomic E-state index is -0.292. The summed E-state index contributed by atoms with van der Waals surface area (Å²) in [5.41, 5.74) is 2.50. The lowest BCUT2D eigenvalue weighted by Gasteiger charge is -2.13. The molecule has 2 aromatic carbocycles. The van der Waals surface area contributed by atoms with E-state index in [9.17, 15) is 9.18 Å². The molecule has 0 saturated carbocycles. The van der Waals surface area contributed by atoms with Gasteiger partial charge in [0.1, 0.15) is 5.82 Å². The first-order valence-corrected chi connectivity index (χ1v) is 9.10. The van der Waals surface area contributed by atoms with Crippen molar-refractivity contribution in [2.24, 2.45) is 4.99 Å². The highest BCUT2D eigenvalue weighted by atomic mass is 79.9. The second-order valence-corrected chi connectivity index (χ2v) is 6.60. The van der Waals surface area contributed by atoms with Gasteiger partial charge in [-0.3, -0.25) is 4.79 Å². The van der Waals surface area contributed by atoms with Crippen molar-refractivity contribution in [2.45, 2.75) is 20.4 Å². The zero-order chi connectivity index (χ0) is 18.9. The molecule has 0 heterocycles. The fourth-order valence-corrected chi connectivity index (χ4v) is 2.60. The van der Waals surface area contributed by atoms with Crippen molar-refractivity contribution >= 4 is 33.5 Å². The van der Waals surface area contributed by atoms with Gasteiger partial charge >= 0.3 is 0 Å². The number of aryl methyl sites for hydroxylation is 1. The monoisotopic (exact) mass is 420 g/mol. The highest BCUT2D eigenvalue weighted by Gasteiger charge is 2.07. The number of halogens is 2. The Kier molecular flexibility index (Phi) is 7.59. The van der Waals surface area contributed by atoms with E-state index in [1.807, 2.05) is 32.0 Å². The Balaban J connectivity index is 1.93. The van der Waals surface area contributed by atoms with Crippen LogP contribution < -0.4 is 16.0 Å². The fraction of sp³-hybridized carbons (Fsp3) is 0.263. The van der Waals surface area contributed by atoms with Gasteiger partial charge in [-0.2, -0.15) is 0 Å². The zero-order valence-electron chi connectivity index (χ0n) is 14.8. The first-order chi connectivity index (χ1) is 12.5. The molecular formula is C19H22BrFN4O. The van der Waals surface area contributed by atoms with E-state index >= 15 is 0 Å². The molecule has 0 unspecified atom stereocenters. The highest BCUT2D eigenvalue weighted by molar-refractivity contribution is 9.10. The summed E-state index contributed by atoms with van der Waals surface area (Å²) in [6.07, 6.45) is 0. The van der Waals surface area contributed by atoms with E-state index in [-0.39, 0.29) is 18.3 Å². The number of nitrogens with zero attached hydrogens (tertiary/aromatic N) is 1. The summed E-state index contributed by atoms with van der Waals surface area (Å²) >= 11 is 3.39. The highest BCUT2D eigenvalue weighted by Crippen LogP contribution is 2.20. The van der Waals surface area contributed by atoms with E-state index in [4.69, 9.17) is 0 Å². The number of carbonyl (C=O) groups excluding carboxylic acids is 1. The Bertz CT molecular complexity index is 795. The molecule has 0 aliphatic carbocycles. The summed E-state index contributed by atoms with van der Waals surface area (Å²) < 4.78 is 14.1. The molecule has 0 aliphatic heterocycles. The van der Waals surface area contributed by atoms with E-state index in [2.05, 4.69) is 36.9 Å². The van der Waals surface area contributed by atoms with Gasteiger partial charge < -0.3 is 16.0 Å². The van der Waals surface area contributed by atoms with Gasteiger partial charge in [0.25, 0.3) is 0 Å². The number of nitrogens with one attached hydrogen (secondary N) is 3. The Morgan fingerprint density at radius 3 is 2.73 bits per heavy atom. The van der Waals surface area contributed by atoms with Crippen LogP contribution in [0, 0.1) is 12.7 Å². The van der Waals surface area contributed by atoms with Gasteiger partial charge in [0, 0.05) is 16.7 Å². The van der Waals surface area contributed by atoms with Gasteiger partial charge in [-0.15, -0.1) is 0 Å². The van der Waals surface area contributed by atoms with Gasteiger partial charge in [0.15, 0.2) is 5.96 Å². The number of aliphatic imine (C=N–C) groups is 1. The molecule has 1 amide bonds. The summed E-state index contributed by atoms with van der Waals surface area (Å²) in [4.78, 5) is 16.6. The van der Waals surface area contributed by atoms with Crippen LogP contribution in [0.4, 0.5) is 10.1 Å². The van der Waals surface area contributed by atoms with Crippen LogP contribution in [-0.4, -0.2) is 25.0 Å². The Labute approximate surface area is 161 Å². The lowest BCUT2D eigenvalue weighted by Crippen LogP contribution is -2.41. The van der Waals surface area contributed by atoms with E-state index in [1.165, 1.54) is 12.1 Å².